The second-order valence-electron chi connectivity index (χ2n) is 5.99. The third kappa shape index (κ3) is 2.52. The van der Waals surface area contributed by atoms with Crippen LogP contribution in [-0.4, -0.2) is 45.1 Å². The molecule has 1 aliphatic heterocycles. The number of carbonyl (C=O) groups excluding carboxylic acids is 1. The Balaban J connectivity index is 1.51. The van der Waals surface area contributed by atoms with E-state index >= 15 is 0 Å². The highest BCUT2D eigenvalue weighted by atomic mass is 16.5. The van der Waals surface area contributed by atoms with Crippen molar-refractivity contribution >= 4 is 5.91 Å². The molecular weight excluding hydrogens is 284 g/mol. The van der Waals surface area contributed by atoms with Gasteiger partial charge in [-0.1, -0.05) is 5.16 Å². The third-order valence-electron chi connectivity index (χ3n) is 4.05. The number of carbonyl (C=O) groups is 1. The Kier molecular flexibility index (Phi) is 3.22. The number of hydrogen-bond acceptors (Lipinski definition) is 5. The maximum atomic E-state index is 12.5. The van der Waals surface area contributed by atoms with Gasteiger partial charge in [0.05, 0.1) is 12.6 Å². The fourth-order valence-electron chi connectivity index (χ4n) is 2.77. The molecule has 2 aromatic rings. The van der Waals surface area contributed by atoms with Gasteiger partial charge in [0, 0.05) is 18.7 Å². The van der Waals surface area contributed by atoms with E-state index in [2.05, 4.69) is 15.1 Å². The number of aromatic nitrogens is 3. The first-order valence-electron chi connectivity index (χ1n) is 7.62. The fourth-order valence-corrected chi connectivity index (χ4v) is 2.77. The Morgan fingerprint density at radius 1 is 1.41 bits per heavy atom. The Bertz CT molecular complexity index is 662. The van der Waals surface area contributed by atoms with Crippen molar-refractivity contribution in [3.63, 3.8) is 0 Å². The lowest BCUT2D eigenvalue weighted by Crippen LogP contribution is -2.46. The first kappa shape index (κ1) is 13.5. The molecule has 0 radical (unpaired) electrons. The smallest absolute Gasteiger partial charge is 0.270 e. The molecule has 0 aromatic carbocycles. The summed E-state index contributed by atoms with van der Waals surface area (Å²) in [6.07, 6.45) is 3.56. The summed E-state index contributed by atoms with van der Waals surface area (Å²) >= 11 is 0. The van der Waals surface area contributed by atoms with Gasteiger partial charge in [0.2, 0.25) is 0 Å². The number of rotatable bonds is 3. The standard InChI is InChI=1S/C15H18N4O3/c1-9-7-19(15(20)11-3-2-6-16-11)8-12(21-9)14-17-13(18-22-14)10-4-5-10/h2-3,6,9-10,12,16H,4-5,7-8H2,1H3/t9-,12-/m1/s1. The number of hydrogen-bond donors (Lipinski definition) is 1. The summed E-state index contributed by atoms with van der Waals surface area (Å²) in [5.41, 5.74) is 0.581. The van der Waals surface area contributed by atoms with Gasteiger partial charge in [-0.05, 0) is 31.9 Å². The predicted molar refractivity (Wildman–Crippen MR) is 76.3 cm³/mol. The summed E-state index contributed by atoms with van der Waals surface area (Å²) in [6, 6.07) is 3.59. The lowest BCUT2D eigenvalue weighted by Gasteiger charge is -2.35. The molecule has 22 heavy (non-hydrogen) atoms. The van der Waals surface area contributed by atoms with Gasteiger partial charge in [-0.25, -0.2) is 0 Å². The molecule has 7 nitrogen and oxygen atoms in total. The molecule has 0 bridgehead atoms. The van der Waals surface area contributed by atoms with E-state index in [-0.39, 0.29) is 18.1 Å². The lowest BCUT2D eigenvalue weighted by atomic mass is 10.2. The van der Waals surface area contributed by atoms with Crippen LogP contribution in [0, 0.1) is 0 Å². The molecule has 1 aliphatic carbocycles. The molecular formula is C15H18N4O3. The molecule has 2 aliphatic rings. The van der Waals surface area contributed by atoms with E-state index in [0.717, 1.165) is 18.7 Å². The molecule has 1 saturated carbocycles. The first-order valence-corrected chi connectivity index (χ1v) is 7.62. The SMILES string of the molecule is C[C@@H]1CN(C(=O)c2ccc[nH]2)C[C@H](c2nc(C3CC3)no2)O1. The Morgan fingerprint density at radius 3 is 3.00 bits per heavy atom. The topological polar surface area (TPSA) is 84.3 Å². The number of aromatic amines is 1. The number of nitrogens with zero attached hydrogens (tertiary/aromatic N) is 3. The van der Waals surface area contributed by atoms with Gasteiger partial charge >= 0.3 is 0 Å². The van der Waals surface area contributed by atoms with Crippen LogP contribution in [0.25, 0.3) is 0 Å². The second kappa shape index (κ2) is 5.24. The molecule has 0 unspecified atom stereocenters. The Morgan fingerprint density at radius 2 is 2.27 bits per heavy atom. The first-order chi connectivity index (χ1) is 10.7. The summed E-state index contributed by atoms with van der Waals surface area (Å²) in [5, 5.41) is 4.02. The number of H-pyrrole nitrogens is 1. The average Bonchev–Trinajstić information content (AvgIpc) is 3.04. The fraction of sp³-hybridized carbons (Fsp3) is 0.533. The van der Waals surface area contributed by atoms with Gasteiger partial charge < -0.3 is 19.1 Å². The quantitative estimate of drug-likeness (QED) is 0.935. The Hall–Kier alpha value is -2.15. The monoisotopic (exact) mass is 302 g/mol. The minimum atomic E-state index is -0.359. The summed E-state index contributed by atoms with van der Waals surface area (Å²) in [5.74, 6) is 1.64. The normalized spacial score (nSPS) is 25.4. The summed E-state index contributed by atoms with van der Waals surface area (Å²) in [7, 11) is 0. The predicted octanol–water partition coefficient (Wildman–Crippen LogP) is 1.88. The lowest BCUT2D eigenvalue weighted by molar-refractivity contribution is -0.0811. The molecule has 2 atom stereocenters. The molecule has 0 spiro atoms. The van der Waals surface area contributed by atoms with E-state index in [1.165, 1.54) is 0 Å². The van der Waals surface area contributed by atoms with Gasteiger partial charge in [0.1, 0.15) is 5.69 Å². The zero-order chi connectivity index (χ0) is 15.1. The van der Waals surface area contributed by atoms with Crippen LogP contribution in [0.3, 0.4) is 0 Å². The largest absolute Gasteiger partial charge is 0.362 e. The molecule has 4 rings (SSSR count). The van der Waals surface area contributed by atoms with Crippen LogP contribution in [0.1, 0.15) is 54.0 Å². The van der Waals surface area contributed by atoms with Gasteiger partial charge in [0.25, 0.3) is 11.8 Å². The van der Waals surface area contributed by atoms with Crippen molar-refractivity contribution in [3.05, 3.63) is 35.7 Å². The minimum absolute atomic E-state index is 0.0351. The number of amides is 1. The van der Waals surface area contributed by atoms with Crippen LogP contribution in [0.2, 0.25) is 0 Å². The van der Waals surface area contributed by atoms with E-state index in [1.807, 2.05) is 13.0 Å². The maximum Gasteiger partial charge on any atom is 0.270 e. The van der Waals surface area contributed by atoms with Crippen molar-refractivity contribution in [3.8, 4) is 0 Å². The number of ether oxygens (including phenoxy) is 1. The van der Waals surface area contributed by atoms with Crippen molar-refractivity contribution < 1.29 is 14.1 Å². The summed E-state index contributed by atoms with van der Waals surface area (Å²) in [6.45, 7) is 2.92. The number of nitrogens with one attached hydrogen (secondary N) is 1. The molecule has 3 heterocycles. The van der Waals surface area contributed by atoms with Gasteiger partial charge in [-0.15, -0.1) is 0 Å². The van der Waals surface area contributed by atoms with E-state index in [9.17, 15) is 4.79 Å². The van der Waals surface area contributed by atoms with E-state index in [4.69, 9.17) is 9.26 Å². The third-order valence-corrected chi connectivity index (χ3v) is 4.05. The van der Waals surface area contributed by atoms with Crippen molar-refractivity contribution in [2.24, 2.45) is 0 Å². The van der Waals surface area contributed by atoms with E-state index < -0.39 is 0 Å². The highest BCUT2D eigenvalue weighted by Gasteiger charge is 2.35. The molecule has 2 aromatic heterocycles. The summed E-state index contributed by atoms with van der Waals surface area (Å²) < 4.78 is 11.2. The Labute approximate surface area is 127 Å². The van der Waals surface area contributed by atoms with Gasteiger partial charge in [-0.2, -0.15) is 4.98 Å². The van der Waals surface area contributed by atoms with Crippen LogP contribution in [0.15, 0.2) is 22.9 Å². The molecule has 2 fully saturated rings. The van der Waals surface area contributed by atoms with Crippen LogP contribution < -0.4 is 0 Å². The van der Waals surface area contributed by atoms with Crippen LogP contribution >= 0.6 is 0 Å². The molecule has 1 N–H and O–H groups in total. The van der Waals surface area contributed by atoms with Crippen LogP contribution in [-0.2, 0) is 4.74 Å². The van der Waals surface area contributed by atoms with Crippen molar-refractivity contribution in [2.75, 3.05) is 13.1 Å². The average molecular weight is 302 g/mol. The zero-order valence-electron chi connectivity index (χ0n) is 12.4. The molecule has 1 amide bonds. The minimum Gasteiger partial charge on any atom is -0.362 e. The van der Waals surface area contributed by atoms with Crippen LogP contribution in [0.4, 0.5) is 0 Å². The summed E-state index contributed by atoms with van der Waals surface area (Å²) in [4.78, 5) is 21.6. The highest BCUT2D eigenvalue weighted by molar-refractivity contribution is 5.92. The second-order valence-corrected chi connectivity index (χ2v) is 5.99. The number of morpholine rings is 1. The van der Waals surface area contributed by atoms with Crippen molar-refractivity contribution in [1.82, 2.24) is 20.0 Å². The van der Waals surface area contributed by atoms with Gasteiger partial charge in [-0.3, -0.25) is 4.79 Å². The van der Waals surface area contributed by atoms with Crippen LogP contribution in [0.5, 0.6) is 0 Å². The van der Waals surface area contributed by atoms with Gasteiger partial charge in [0.15, 0.2) is 11.9 Å². The highest BCUT2D eigenvalue weighted by Crippen LogP contribution is 2.39. The van der Waals surface area contributed by atoms with E-state index in [1.54, 1.807) is 17.2 Å². The molecule has 7 heteroatoms. The van der Waals surface area contributed by atoms with E-state index in [0.29, 0.717) is 30.6 Å². The van der Waals surface area contributed by atoms with Crippen molar-refractivity contribution in [2.45, 2.75) is 37.9 Å². The molecule has 1 saturated heterocycles. The van der Waals surface area contributed by atoms with Crippen molar-refractivity contribution in [1.29, 1.82) is 0 Å². The maximum absolute atomic E-state index is 12.5. The zero-order valence-corrected chi connectivity index (χ0v) is 12.4. The molecule has 116 valence electrons.